The van der Waals surface area contributed by atoms with Crippen LogP contribution in [-0.2, 0) is 0 Å². The molecule has 0 aliphatic rings. The van der Waals surface area contributed by atoms with Gasteiger partial charge >= 0.3 is 0 Å². The molecular weight excluding hydrogens is 603 g/mol. The number of nitriles is 1. The SMILES string of the molecule is N#Cc1cc(-c2ccc(-c3cccc(-c4ccc(-c5ccccc5)cc4)c3)cc2)cc(-c2cccc(-c3ccc(-c4ccccc4)cc3)c2)c1. The van der Waals surface area contributed by atoms with Crippen LogP contribution in [0.25, 0.3) is 77.9 Å². The van der Waals surface area contributed by atoms with Gasteiger partial charge in [0.05, 0.1) is 11.6 Å². The molecule has 234 valence electrons. The van der Waals surface area contributed by atoms with E-state index in [1.54, 1.807) is 0 Å². The van der Waals surface area contributed by atoms with E-state index in [2.05, 4.69) is 182 Å². The highest BCUT2D eigenvalue weighted by atomic mass is 14.2. The van der Waals surface area contributed by atoms with Crippen molar-refractivity contribution in [3.05, 3.63) is 206 Å². The Bertz CT molecular complexity index is 2430. The monoisotopic (exact) mass is 635 g/mol. The lowest BCUT2D eigenvalue weighted by Gasteiger charge is -2.11. The summed E-state index contributed by atoms with van der Waals surface area (Å²) in [5, 5.41) is 9.97. The van der Waals surface area contributed by atoms with Crippen LogP contribution >= 0.6 is 0 Å². The van der Waals surface area contributed by atoms with E-state index < -0.39 is 0 Å². The Kier molecular flexibility index (Phi) is 8.42. The van der Waals surface area contributed by atoms with Crippen molar-refractivity contribution in [3.63, 3.8) is 0 Å². The lowest BCUT2D eigenvalue weighted by molar-refractivity contribution is 1.48. The van der Waals surface area contributed by atoms with Gasteiger partial charge in [-0.3, -0.25) is 0 Å². The van der Waals surface area contributed by atoms with Crippen molar-refractivity contribution in [1.29, 1.82) is 5.26 Å². The predicted molar refractivity (Wildman–Crippen MR) is 209 cm³/mol. The number of rotatable bonds is 7. The van der Waals surface area contributed by atoms with Gasteiger partial charge in [0, 0.05) is 0 Å². The molecule has 0 N–H and O–H groups in total. The summed E-state index contributed by atoms with van der Waals surface area (Å²) < 4.78 is 0. The van der Waals surface area contributed by atoms with E-state index >= 15 is 0 Å². The van der Waals surface area contributed by atoms with Gasteiger partial charge in [-0.2, -0.15) is 5.26 Å². The van der Waals surface area contributed by atoms with Crippen molar-refractivity contribution in [1.82, 2.24) is 0 Å². The lowest BCUT2D eigenvalue weighted by atomic mass is 9.93. The molecule has 0 unspecified atom stereocenters. The topological polar surface area (TPSA) is 23.8 Å². The van der Waals surface area contributed by atoms with Crippen molar-refractivity contribution in [2.45, 2.75) is 0 Å². The van der Waals surface area contributed by atoms with Gasteiger partial charge in [0.1, 0.15) is 0 Å². The Balaban J connectivity index is 1.04. The van der Waals surface area contributed by atoms with Crippen LogP contribution in [0.4, 0.5) is 0 Å². The van der Waals surface area contributed by atoms with E-state index in [4.69, 9.17) is 0 Å². The van der Waals surface area contributed by atoms with Gasteiger partial charge in [-0.25, -0.2) is 0 Å². The normalized spacial score (nSPS) is 10.8. The van der Waals surface area contributed by atoms with Crippen LogP contribution in [0.5, 0.6) is 0 Å². The van der Waals surface area contributed by atoms with Crippen molar-refractivity contribution < 1.29 is 0 Å². The molecule has 0 amide bonds. The molecule has 0 aliphatic heterocycles. The molecule has 0 heterocycles. The van der Waals surface area contributed by atoms with E-state index in [9.17, 15) is 5.26 Å². The molecule has 0 saturated heterocycles. The Morgan fingerprint density at radius 1 is 0.220 bits per heavy atom. The summed E-state index contributed by atoms with van der Waals surface area (Å²) in [7, 11) is 0. The predicted octanol–water partition coefficient (Wildman–Crippen LogP) is 13.2. The maximum Gasteiger partial charge on any atom is 0.0992 e. The molecule has 8 aromatic rings. The molecule has 0 atom stereocenters. The van der Waals surface area contributed by atoms with Gasteiger partial charge < -0.3 is 0 Å². The van der Waals surface area contributed by atoms with Crippen LogP contribution in [0, 0.1) is 11.3 Å². The molecule has 8 aromatic carbocycles. The first kappa shape index (κ1) is 30.6. The van der Waals surface area contributed by atoms with Gasteiger partial charge in [0.2, 0.25) is 0 Å². The summed E-state index contributed by atoms with van der Waals surface area (Å²) >= 11 is 0. The zero-order valence-electron chi connectivity index (χ0n) is 27.5. The highest BCUT2D eigenvalue weighted by Gasteiger charge is 2.09. The van der Waals surface area contributed by atoms with Crippen molar-refractivity contribution >= 4 is 0 Å². The number of nitrogens with zero attached hydrogens (tertiary/aromatic N) is 1. The second kappa shape index (κ2) is 13.8. The van der Waals surface area contributed by atoms with Crippen LogP contribution in [0.15, 0.2) is 200 Å². The molecule has 0 bridgehead atoms. The van der Waals surface area contributed by atoms with Crippen molar-refractivity contribution in [3.8, 4) is 84.0 Å². The van der Waals surface area contributed by atoms with Crippen molar-refractivity contribution in [2.24, 2.45) is 0 Å². The third kappa shape index (κ3) is 6.52. The Morgan fingerprint density at radius 3 is 0.820 bits per heavy atom. The zero-order valence-corrected chi connectivity index (χ0v) is 27.5. The smallest absolute Gasteiger partial charge is 0.0992 e. The van der Waals surface area contributed by atoms with Gasteiger partial charge in [-0.15, -0.1) is 0 Å². The lowest BCUT2D eigenvalue weighted by Crippen LogP contribution is -1.87. The first-order chi connectivity index (χ1) is 24.7. The first-order valence-corrected chi connectivity index (χ1v) is 16.9. The number of hydrogen-bond acceptors (Lipinski definition) is 1. The minimum atomic E-state index is 0.644. The molecule has 1 heteroatoms. The van der Waals surface area contributed by atoms with Crippen LogP contribution in [0.1, 0.15) is 5.56 Å². The molecule has 0 radical (unpaired) electrons. The second-order valence-electron chi connectivity index (χ2n) is 12.5. The molecule has 0 aromatic heterocycles. The summed E-state index contributed by atoms with van der Waals surface area (Å²) in [6.07, 6.45) is 0. The molecule has 0 fully saturated rings. The average Bonchev–Trinajstić information content (AvgIpc) is 3.21. The number of hydrogen-bond donors (Lipinski definition) is 0. The third-order valence-corrected chi connectivity index (χ3v) is 9.32. The van der Waals surface area contributed by atoms with Gasteiger partial charge in [-0.05, 0) is 108 Å². The highest BCUT2D eigenvalue weighted by Crippen LogP contribution is 2.34. The molecular formula is C49H33N. The minimum Gasteiger partial charge on any atom is -0.192 e. The van der Waals surface area contributed by atoms with Crippen LogP contribution in [0.2, 0.25) is 0 Å². The van der Waals surface area contributed by atoms with Crippen LogP contribution in [-0.4, -0.2) is 0 Å². The van der Waals surface area contributed by atoms with Gasteiger partial charge in [-0.1, -0.05) is 170 Å². The summed E-state index contributed by atoms with van der Waals surface area (Å²) in [4.78, 5) is 0. The molecule has 8 rings (SSSR count). The van der Waals surface area contributed by atoms with E-state index in [1.807, 2.05) is 24.3 Å². The largest absolute Gasteiger partial charge is 0.192 e. The zero-order chi connectivity index (χ0) is 33.7. The van der Waals surface area contributed by atoms with E-state index in [0.29, 0.717) is 5.56 Å². The summed E-state index contributed by atoms with van der Waals surface area (Å²) in [5.41, 5.74) is 16.7. The quantitative estimate of drug-likeness (QED) is 0.171. The third-order valence-electron chi connectivity index (χ3n) is 9.32. The second-order valence-corrected chi connectivity index (χ2v) is 12.5. The molecule has 50 heavy (non-hydrogen) atoms. The molecule has 0 spiro atoms. The van der Waals surface area contributed by atoms with E-state index in [0.717, 1.165) is 38.9 Å². The van der Waals surface area contributed by atoms with Gasteiger partial charge in [0.25, 0.3) is 0 Å². The molecule has 0 aliphatic carbocycles. The Labute approximate surface area is 294 Å². The summed E-state index contributed by atoms with van der Waals surface area (Å²) in [5.74, 6) is 0. The van der Waals surface area contributed by atoms with Crippen LogP contribution in [0.3, 0.4) is 0 Å². The van der Waals surface area contributed by atoms with Crippen LogP contribution < -0.4 is 0 Å². The van der Waals surface area contributed by atoms with Gasteiger partial charge in [0.15, 0.2) is 0 Å². The average molecular weight is 636 g/mol. The maximum absolute atomic E-state index is 9.97. The Hall–Kier alpha value is -6.75. The highest BCUT2D eigenvalue weighted by molar-refractivity contribution is 5.81. The fraction of sp³-hybridized carbons (Fsp3) is 0. The minimum absolute atomic E-state index is 0.644. The van der Waals surface area contributed by atoms with E-state index in [1.165, 1.54) is 38.9 Å². The van der Waals surface area contributed by atoms with E-state index in [-0.39, 0.29) is 0 Å². The molecule has 1 nitrogen and oxygen atoms in total. The maximum atomic E-state index is 9.97. The van der Waals surface area contributed by atoms with Crippen molar-refractivity contribution in [2.75, 3.05) is 0 Å². The fourth-order valence-corrected chi connectivity index (χ4v) is 6.61. The summed E-state index contributed by atoms with van der Waals surface area (Å²) in [6, 6.07) is 72.8. The standard InChI is InChI=1S/C49H33N/c50-34-35-29-48(33-49(30-35)47-16-8-15-46(32-47)41-23-19-39(20-24-41)37-11-5-2-6-12-37)43-27-25-42(26-28-43)45-14-7-13-44(31-45)40-21-17-38(18-22-40)36-9-3-1-4-10-36/h1-33H. The molecule has 0 saturated carbocycles. The fourth-order valence-electron chi connectivity index (χ4n) is 6.61. The Morgan fingerprint density at radius 2 is 0.460 bits per heavy atom. The number of benzene rings is 8. The summed E-state index contributed by atoms with van der Waals surface area (Å²) in [6.45, 7) is 0. The first-order valence-electron chi connectivity index (χ1n) is 16.9.